The van der Waals surface area contributed by atoms with Crippen molar-refractivity contribution in [2.75, 3.05) is 13.7 Å². The molecule has 8 heteroatoms. The van der Waals surface area contributed by atoms with Crippen LogP contribution in [0.25, 0.3) is 0 Å². The van der Waals surface area contributed by atoms with Crippen molar-refractivity contribution in [2.45, 2.75) is 57.7 Å². The van der Waals surface area contributed by atoms with Crippen LogP contribution in [0.3, 0.4) is 0 Å². The molecule has 3 rings (SSSR count). The number of hydrogen-bond donors (Lipinski definition) is 1. The standard InChI is InChI=1S/C25H30BrClN2O4/c1-3-22(25(31)28-19-6-4-5-7-19)29(15-17-8-11-20(32-2)12-9-17)24(30)16-33-23-13-10-18(27)14-21(23)26/h8-14,19,22H,3-7,15-16H2,1-2H3,(H,28,31)/t22-/m0/s1. The first kappa shape index (κ1) is 25.4. The predicted molar refractivity (Wildman–Crippen MR) is 133 cm³/mol. The highest BCUT2D eigenvalue weighted by Crippen LogP contribution is 2.28. The molecule has 2 aromatic rings. The van der Waals surface area contributed by atoms with E-state index in [4.69, 9.17) is 21.1 Å². The number of amides is 2. The van der Waals surface area contributed by atoms with Gasteiger partial charge in [0.15, 0.2) is 6.61 Å². The van der Waals surface area contributed by atoms with E-state index in [1.807, 2.05) is 31.2 Å². The third kappa shape index (κ3) is 7.11. The number of halogens is 2. The summed E-state index contributed by atoms with van der Waals surface area (Å²) in [6.45, 7) is 2.03. The van der Waals surface area contributed by atoms with Gasteiger partial charge in [-0.2, -0.15) is 0 Å². The Morgan fingerprint density at radius 2 is 1.88 bits per heavy atom. The van der Waals surface area contributed by atoms with E-state index in [1.54, 1.807) is 30.2 Å². The Labute approximate surface area is 208 Å². The van der Waals surface area contributed by atoms with Crippen LogP contribution in [0.1, 0.15) is 44.6 Å². The molecule has 0 radical (unpaired) electrons. The Hall–Kier alpha value is -2.25. The van der Waals surface area contributed by atoms with Crippen LogP contribution >= 0.6 is 27.5 Å². The number of nitrogens with one attached hydrogen (secondary N) is 1. The Morgan fingerprint density at radius 1 is 1.18 bits per heavy atom. The normalized spacial score (nSPS) is 14.5. The Morgan fingerprint density at radius 3 is 2.48 bits per heavy atom. The van der Waals surface area contributed by atoms with Crippen molar-refractivity contribution in [2.24, 2.45) is 0 Å². The van der Waals surface area contributed by atoms with Gasteiger partial charge in [-0.15, -0.1) is 0 Å². The molecule has 178 valence electrons. The number of hydrogen-bond acceptors (Lipinski definition) is 4. The van der Waals surface area contributed by atoms with E-state index in [-0.39, 0.29) is 24.5 Å². The Kier molecular flexibility index (Phi) is 9.44. The van der Waals surface area contributed by atoms with Crippen LogP contribution in [0.2, 0.25) is 5.02 Å². The molecule has 1 aliphatic carbocycles. The smallest absolute Gasteiger partial charge is 0.261 e. The van der Waals surface area contributed by atoms with E-state index in [1.165, 1.54) is 0 Å². The second-order valence-electron chi connectivity index (χ2n) is 8.15. The molecule has 1 fully saturated rings. The highest BCUT2D eigenvalue weighted by Gasteiger charge is 2.31. The molecule has 0 heterocycles. The van der Waals surface area contributed by atoms with E-state index in [0.29, 0.717) is 28.2 Å². The number of ether oxygens (including phenoxy) is 2. The summed E-state index contributed by atoms with van der Waals surface area (Å²) in [6.07, 6.45) is 4.73. The summed E-state index contributed by atoms with van der Waals surface area (Å²) < 4.78 is 11.7. The first-order valence-electron chi connectivity index (χ1n) is 11.2. The maximum Gasteiger partial charge on any atom is 0.261 e. The zero-order chi connectivity index (χ0) is 23.8. The molecule has 0 spiro atoms. The van der Waals surface area contributed by atoms with Crippen molar-refractivity contribution in [3.63, 3.8) is 0 Å². The summed E-state index contributed by atoms with van der Waals surface area (Å²) in [7, 11) is 1.61. The minimum Gasteiger partial charge on any atom is -0.497 e. The molecule has 0 bridgehead atoms. The fourth-order valence-corrected chi connectivity index (χ4v) is 4.83. The largest absolute Gasteiger partial charge is 0.497 e. The van der Waals surface area contributed by atoms with Gasteiger partial charge in [0, 0.05) is 17.6 Å². The summed E-state index contributed by atoms with van der Waals surface area (Å²) in [6, 6.07) is 12.2. The molecule has 0 aliphatic heterocycles. The zero-order valence-electron chi connectivity index (χ0n) is 19.0. The first-order chi connectivity index (χ1) is 15.9. The van der Waals surface area contributed by atoms with Gasteiger partial charge in [-0.25, -0.2) is 0 Å². The maximum atomic E-state index is 13.3. The lowest BCUT2D eigenvalue weighted by molar-refractivity contribution is -0.143. The minimum absolute atomic E-state index is 0.112. The molecule has 1 aliphatic rings. The highest BCUT2D eigenvalue weighted by atomic mass is 79.9. The SMILES string of the molecule is CC[C@@H](C(=O)NC1CCCC1)N(Cc1ccc(OC)cc1)C(=O)COc1ccc(Cl)cc1Br. The van der Waals surface area contributed by atoms with Gasteiger partial charge >= 0.3 is 0 Å². The van der Waals surface area contributed by atoms with Crippen LogP contribution in [0, 0.1) is 0 Å². The van der Waals surface area contributed by atoms with Crippen molar-refractivity contribution < 1.29 is 19.1 Å². The molecule has 6 nitrogen and oxygen atoms in total. The van der Waals surface area contributed by atoms with Gasteiger partial charge in [0.1, 0.15) is 17.5 Å². The molecule has 33 heavy (non-hydrogen) atoms. The van der Waals surface area contributed by atoms with E-state index in [2.05, 4.69) is 21.2 Å². The number of methoxy groups -OCH3 is 1. The van der Waals surface area contributed by atoms with Crippen LogP contribution < -0.4 is 14.8 Å². The number of carbonyl (C=O) groups is 2. The van der Waals surface area contributed by atoms with Gasteiger partial charge in [0.05, 0.1) is 11.6 Å². The second-order valence-corrected chi connectivity index (χ2v) is 9.44. The van der Waals surface area contributed by atoms with Crippen molar-refractivity contribution >= 4 is 39.3 Å². The van der Waals surface area contributed by atoms with Gasteiger partial charge in [-0.1, -0.05) is 43.5 Å². The first-order valence-corrected chi connectivity index (χ1v) is 12.4. The van der Waals surface area contributed by atoms with Gasteiger partial charge in [0.2, 0.25) is 5.91 Å². The fraction of sp³-hybridized carbons (Fsp3) is 0.440. The van der Waals surface area contributed by atoms with E-state index in [9.17, 15) is 9.59 Å². The molecule has 2 amide bonds. The quantitative estimate of drug-likeness (QED) is 0.443. The monoisotopic (exact) mass is 536 g/mol. The lowest BCUT2D eigenvalue weighted by Gasteiger charge is -2.31. The molecular formula is C25H30BrClN2O4. The summed E-state index contributed by atoms with van der Waals surface area (Å²) in [4.78, 5) is 28.1. The Bertz CT molecular complexity index is 948. The predicted octanol–water partition coefficient (Wildman–Crippen LogP) is 5.36. The topological polar surface area (TPSA) is 67.9 Å². The molecule has 1 atom stereocenters. The minimum atomic E-state index is -0.586. The van der Waals surface area contributed by atoms with Gasteiger partial charge in [0.25, 0.3) is 5.91 Å². The Balaban J connectivity index is 1.77. The second kappa shape index (κ2) is 12.3. The highest BCUT2D eigenvalue weighted by molar-refractivity contribution is 9.10. The lowest BCUT2D eigenvalue weighted by atomic mass is 10.1. The zero-order valence-corrected chi connectivity index (χ0v) is 21.3. The van der Waals surface area contributed by atoms with Crippen molar-refractivity contribution in [3.8, 4) is 11.5 Å². The van der Waals surface area contributed by atoms with Crippen molar-refractivity contribution in [1.82, 2.24) is 10.2 Å². The number of carbonyl (C=O) groups excluding carboxylic acids is 2. The molecular weight excluding hydrogens is 508 g/mol. The van der Waals surface area contributed by atoms with Crippen LogP contribution in [-0.4, -0.2) is 42.5 Å². The van der Waals surface area contributed by atoms with Crippen LogP contribution in [-0.2, 0) is 16.1 Å². The lowest BCUT2D eigenvalue weighted by Crippen LogP contribution is -2.52. The molecule has 0 aromatic heterocycles. The van der Waals surface area contributed by atoms with Gasteiger partial charge in [-0.3, -0.25) is 9.59 Å². The van der Waals surface area contributed by atoms with E-state index in [0.717, 1.165) is 37.0 Å². The van der Waals surface area contributed by atoms with Crippen molar-refractivity contribution in [3.05, 3.63) is 57.5 Å². The molecule has 2 aromatic carbocycles. The van der Waals surface area contributed by atoms with Crippen LogP contribution in [0.4, 0.5) is 0 Å². The van der Waals surface area contributed by atoms with Crippen LogP contribution in [0.5, 0.6) is 11.5 Å². The average molecular weight is 538 g/mol. The third-order valence-electron chi connectivity index (χ3n) is 5.84. The van der Waals surface area contributed by atoms with Gasteiger partial charge < -0.3 is 19.7 Å². The van der Waals surface area contributed by atoms with Crippen molar-refractivity contribution in [1.29, 1.82) is 0 Å². The van der Waals surface area contributed by atoms with Crippen LogP contribution in [0.15, 0.2) is 46.9 Å². The number of nitrogens with zero attached hydrogens (tertiary/aromatic N) is 1. The van der Waals surface area contributed by atoms with E-state index < -0.39 is 6.04 Å². The summed E-state index contributed by atoms with van der Waals surface area (Å²) in [5, 5.41) is 3.71. The molecule has 1 saturated carbocycles. The third-order valence-corrected chi connectivity index (χ3v) is 6.70. The molecule has 1 N–H and O–H groups in total. The number of rotatable bonds is 10. The average Bonchev–Trinajstić information content (AvgIpc) is 3.31. The molecule has 0 unspecified atom stereocenters. The summed E-state index contributed by atoms with van der Waals surface area (Å²) in [5.41, 5.74) is 0.906. The fourth-order valence-electron chi connectivity index (χ4n) is 4.03. The molecule has 0 saturated heterocycles. The maximum absolute atomic E-state index is 13.3. The summed E-state index contributed by atoms with van der Waals surface area (Å²) in [5.74, 6) is 0.874. The van der Waals surface area contributed by atoms with Gasteiger partial charge in [-0.05, 0) is 71.1 Å². The van der Waals surface area contributed by atoms with E-state index >= 15 is 0 Å². The summed E-state index contributed by atoms with van der Waals surface area (Å²) >= 11 is 9.40. The number of benzene rings is 2.